The Balaban J connectivity index is 2.00. The molecular formula is C17H11BrClNO. The number of benzene rings is 3. The molecule has 4 heteroatoms. The van der Waals surface area contributed by atoms with Crippen molar-refractivity contribution in [2.45, 2.75) is 0 Å². The second-order valence-electron chi connectivity index (χ2n) is 4.58. The van der Waals surface area contributed by atoms with Gasteiger partial charge in [-0.3, -0.25) is 4.79 Å². The van der Waals surface area contributed by atoms with Crippen molar-refractivity contribution in [1.82, 2.24) is 0 Å². The molecule has 3 rings (SSSR count). The van der Waals surface area contributed by atoms with Crippen molar-refractivity contribution in [2.75, 3.05) is 5.32 Å². The van der Waals surface area contributed by atoms with E-state index < -0.39 is 0 Å². The third-order valence-corrected chi connectivity index (χ3v) is 4.63. The molecule has 0 aliphatic carbocycles. The molecule has 2 nitrogen and oxygen atoms in total. The number of carbonyl (C=O) groups excluding carboxylic acids is 1. The lowest BCUT2D eigenvalue weighted by Gasteiger charge is -2.10. The molecule has 0 spiro atoms. The summed E-state index contributed by atoms with van der Waals surface area (Å²) in [6.07, 6.45) is 0. The van der Waals surface area contributed by atoms with Gasteiger partial charge in [0.25, 0.3) is 5.91 Å². The summed E-state index contributed by atoms with van der Waals surface area (Å²) in [6, 6.07) is 18.9. The van der Waals surface area contributed by atoms with Crippen molar-refractivity contribution in [3.63, 3.8) is 0 Å². The topological polar surface area (TPSA) is 29.1 Å². The third kappa shape index (κ3) is 2.80. The van der Waals surface area contributed by atoms with Crippen LogP contribution >= 0.6 is 27.5 Å². The predicted molar refractivity (Wildman–Crippen MR) is 91.1 cm³/mol. The van der Waals surface area contributed by atoms with E-state index in [4.69, 9.17) is 11.6 Å². The maximum atomic E-state index is 12.5. The molecule has 21 heavy (non-hydrogen) atoms. The maximum absolute atomic E-state index is 12.5. The van der Waals surface area contributed by atoms with Crippen molar-refractivity contribution in [3.8, 4) is 0 Å². The van der Waals surface area contributed by atoms with Gasteiger partial charge in [0, 0.05) is 5.56 Å². The van der Waals surface area contributed by atoms with Crippen LogP contribution in [0.3, 0.4) is 0 Å². The van der Waals surface area contributed by atoms with Crippen LogP contribution < -0.4 is 5.32 Å². The van der Waals surface area contributed by atoms with Crippen molar-refractivity contribution < 1.29 is 4.79 Å². The van der Waals surface area contributed by atoms with Gasteiger partial charge in [0.15, 0.2) is 0 Å². The van der Waals surface area contributed by atoms with Crippen LogP contribution in [-0.2, 0) is 0 Å². The summed E-state index contributed by atoms with van der Waals surface area (Å²) in [5.41, 5.74) is 1.29. The summed E-state index contributed by atoms with van der Waals surface area (Å²) < 4.78 is 0.681. The van der Waals surface area contributed by atoms with E-state index in [0.717, 1.165) is 10.8 Å². The molecule has 0 bridgehead atoms. The summed E-state index contributed by atoms with van der Waals surface area (Å²) in [5, 5.41) is 5.41. The quantitative estimate of drug-likeness (QED) is 0.641. The van der Waals surface area contributed by atoms with Crippen molar-refractivity contribution in [3.05, 3.63) is 75.7 Å². The van der Waals surface area contributed by atoms with E-state index in [0.29, 0.717) is 20.7 Å². The number of anilines is 1. The third-order valence-electron chi connectivity index (χ3n) is 3.23. The van der Waals surface area contributed by atoms with Gasteiger partial charge in [-0.15, -0.1) is 0 Å². The first-order valence-corrected chi connectivity index (χ1v) is 7.57. The zero-order valence-electron chi connectivity index (χ0n) is 10.9. The van der Waals surface area contributed by atoms with Gasteiger partial charge in [-0.1, -0.05) is 54.1 Å². The van der Waals surface area contributed by atoms with Gasteiger partial charge in [-0.05, 0) is 44.9 Å². The molecule has 0 saturated heterocycles. The number of amides is 1. The Kier molecular flexibility index (Phi) is 3.95. The molecular weight excluding hydrogens is 350 g/mol. The molecule has 1 amide bonds. The highest BCUT2D eigenvalue weighted by Crippen LogP contribution is 2.30. The standard InChI is InChI=1S/C17H11BrClNO/c18-16-14(19)9-4-10-15(16)20-17(21)13-8-3-6-11-5-1-2-7-12(11)13/h1-10H,(H,20,21). The van der Waals surface area contributed by atoms with Gasteiger partial charge in [-0.2, -0.15) is 0 Å². The highest BCUT2D eigenvalue weighted by molar-refractivity contribution is 9.10. The normalized spacial score (nSPS) is 10.6. The molecule has 3 aromatic rings. The first-order valence-electron chi connectivity index (χ1n) is 6.40. The second-order valence-corrected chi connectivity index (χ2v) is 5.78. The van der Waals surface area contributed by atoms with Crippen molar-refractivity contribution >= 4 is 49.9 Å². The summed E-state index contributed by atoms with van der Waals surface area (Å²) >= 11 is 9.42. The van der Waals surface area contributed by atoms with Gasteiger partial charge in [0.1, 0.15) is 0 Å². The Morgan fingerprint density at radius 3 is 2.52 bits per heavy atom. The van der Waals surface area contributed by atoms with Crippen LogP contribution in [0.25, 0.3) is 10.8 Å². The van der Waals surface area contributed by atoms with Gasteiger partial charge >= 0.3 is 0 Å². The van der Waals surface area contributed by atoms with E-state index in [9.17, 15) is 4.79 Å². The zero-order valence-corrected chi connectivity index (χ0v) is 13.3. The average Bonchev–Trinajstić information content (AvgIpc) is 2.51. The fraction of sp³-hybridized carbons (Fsp3) is 0. The smallest absolute Gasteiger partial charge is 0.256 e. The second kappa shape index (κ2) is 5.88. The van der Waals surface area contributed by atoms with Gasteiger partial charge in [-0.25, -0.2) is 0 Å². The number of fused-ring (bicyclic) bond motifs is 1. The van der Waals surface area contributed by atoms with Crippen LogP contribution in [0.5, 0.6) is 0 Å². The van der Waals surface area contributed by atoms with Crippen LogP contribution in [0.1, 0.15) is 10.4 Å². The van der Waals surface area contributed by atoms with E-state index >= 15 is 0 Å². The Bertz CT molecular complexity index is 827. The van der Waals surface area contributed by atoms with Crippen molar-refractivity contribution in [1.29, 1.82) is 0 Å². The van der Waals surface area contributed by atoms with Gasteiger partial charge < -0.3 is 5.32 Å². The Morgan fingerprint density at radius 2 is 1.67 bits per heavy atom. The minimum Gasteiger partial charge on any atom is -0.321 e. The summed E-state index contributed by atoms with van der Waals surface area (Å²) in [5.74, 6) is -0.158. The lowest BCUT2D eigenvalue weighted by molar-refractivity contribution is 0.102. The molecule has 0 aromatic heterocycles. The largest absolute Gasteiger partial charge is 0.321 e. The molecule has 3 aromatic carbocycles. The highest BCUT2D eigenvalue weighted by atomic mass is 79.9. The molecule has 104 valence electrons. The van der Waals surface area contributed by atoms with Crippen LogP contribution in [0, 0.1) is 0 Å². The predicted octanol–water partition coefficient (Wildman–Crippen LogP) is 5.51. The lowest BCUT2D eigenvalue weighted by atomic mass is 10.0. The summed E-state index contributed by atoms with van der Waals surface area (Å²) in [7, 11) is 0. The lowest BCUT2D eigenvalue weighted by Crippen LogP contribution is -2.12. The molecule has 0 atom stereocenters. The fourth-order valence-corrected chi connectivity index (χ4v) is 2.75. The molecule has 0 unspecified atom stereocenters. The molecule has 0 heterocycles. The fourth-order valence-electron chi connectivity index (χ4n) is 2.21. The highest BCUT2D eigenvalue weighted by Gasteiger charge is 2.12. The summed E-state index contributed by atoms with van der Waals surface area (Å²) in [6.45, 7) is 0. The summed E-state index contributed by atoms with van der Waals surface area (Å²) in [4.78, 5) is 12.5. The Morgan fingerprint density at radius 1 is 0.952 bits per heavy atom. The van der Waals surface area contributed by atoms with Crippen LogP contribution in [0.2, 0.25) is 5.02 Å². The molecule has 0 fully saturated rings. The van der Waals surface area contributed by atoms with E-state index in [2.05, 4.69) is 21.2 Å². The zero-order chi connectivity index (χ0) is 14.8. The molecule has 0 saturated carbocycles. The number of halogens is 2. The molecule has 0 aliphatic rings. The first-order chi connectivity index (χ1) is 10.2. The first kappa shape index (κ1) is 14.1. The van der Waals surface area contributed by atoms with Gasteiger partial charge in [0.05, 0.1) is 15.2 Å². The van der Waals surface area contributed by atoms with Crippen LogP contribution in [0.4, 0.5) is 5.69 Å². The number of nitrogens with one attached hydrogen (secondary N) is 1. The van der Waals surface area contributed by atoms with Crippen LogP contribution in [-0.4, -0.2) is 5.91 Å². The number of rotatable bonds is 2. The van der Waals surface area contributed by atoms with E-state index in [1.54, 1.807) is 18.2 Å². The Labute approximate surface area is 135 Å². The minimum absolute atomic E-state index is 0.158. The Hall–Kier alpha value is -1.84. The minimum atomic E-state index is -0.158. The SMILES string of the molecule is O=C(Nc1cccc(Cl)c1Br)c1cccc2ccccc12. The number of hydrogen-bond donors (Lipinski definition) is 1. The van der Waals surface area contributed by atoms with E-state index in [-0.39, 0.29) is 5.91 Å². The average molecular weight is 361 g/mol. The molecule has 1 N–H and O–H groups in total. The van der Waals surface area contributed by atoms with E-state index in [1.165, 1.54) is 0 Å². The maximum Gasteiger partial charge on any atom is 0.256 e. The monoisotopic (exact) mass is 359 g/mol. The van der Waals surface area contributed by atoms with E-state index in [1.807, 2.05) is 42.5 Å². The molecule has 0 aliphatic heterocycles. The number of carbonyl (C=O) groups is 1. The van der Waals surface area contributed by atoms with Crippen LogP contribution in [0.15, 0.2) is 65.1 Å². The number of hydrogen-bond acceptors (Lipinski definition) is 1. The molecule has 0 radical (unpaired) electrons. The van der Waals surface area contributed by atoms with Gasteiger partial charge in [0.2, 0.25) is 0 Å². The van der Waals surface area contributed by atoms with Crippen molar-refractivity contribution in [2.24, 2.45) is 0 Å².